The van der Waals surface area contributed by atoms with Crippen molar-refractivity contribution in [2.24, 2.45) is 11.8 Å². The fourth-order valence-electron chi connectivity index (χ4n) is 1.46. The van der Waals surface area contributed by atoms with E-state index < -0.39 is 0 Å². The lowest BCUT2D eigenvalue weighted by Crippen LogP contribution is -2.36. The van der Waals surface area contributed by atoms with Crippen LogP contribution in [0.4, 0.5) is 0 Å². The number of hydrogen-bond donors (Lipinski definition) is 1. The molecule has 0 aromatic carbocycles. The Kier molecular flexibility index (Phi) is 4.74. The average Bonchev–Trinajstić information content (AvgIpc) is 2.95. The first-order valence-electron chi connectivity index (χ1n) is 5.53. The Morgan fingerprint density at radius 3 is 2.62 bits per heavy atom. The van der Waals surface area contributed by atoms with E-state index in [0.717, 1.165) is 19.1 Å². The second-order valence-corrected chi connectivity index (χ2v) is 4.26. The third-order valence-corrected chi connectivity index (χ3v) is 3.05. The summed E-state index contributed by atoms with van der Waals surface area (Å²) in [6.45, 7) is 6.37. The normalized spacial score (nSPS) is 21.5. The summed E-state index contributed by atoms with van der Waals surface area (Å²) in [6, 6.07) is 0.531. The molecule has 78 valence electrons. The summed E-state index contributed by atoms with van der Waals surface area (Å²) in [6.07, 6.45) is 3.99. The molecule has 0 saturated heterocycles. The van der Waals surface area contributed by atoms with E-state index in [-0.39, 0.29) is 0 Å². The molecule has 0 heterocycles. The smallest absolute Gasteiger partial charge is 0.0622 e. The van der Waals surface area contributed by atoms with Crippen LogP contribution in [0, 0.1) is 11.8 Å². The molecule has 1 aliphatic rings. The van der Waals surface area contributed by atoms with Crippen LogP contribution < -0.4 is 5.32 Å². The maximum absolute atomic E-state index is 5.67. The van der Waals surface area contributed by atoms with E-state index in [1.54, 1.807) is 0 Å². The summed E-state index contributed by atoms with van der Waals surface area (Å²) in [7, 11) is 2.03. The molecule has 0 aliphatic heterocycles. The fourth-order valence-corrected chi connectivity index (χ4v) is 1.46. The van der Waals surface area contributed by atoms with Crippen LogP contribution in [0.1, 0.15) is 33.1 Å². The molecule has 0 bridgehead atoms. The summed E-state index contributed by atoms with van der Waals surface area (Å²) in [5.41, 5.74) is 0. The Morgan fingerprint density at radius 2 is 2.15 bits per heavy atom. The molecule has 2 atom stereocenters. The summed E-state index contributed by atoms with van der Waals surface area (Å²) in [4.78, 5) is 0. The molecule has 0 radical (unpaired) electrons. The highest BCUT2D eigenvalue weighted by Crippen LogP contribution is 2.28. The van der Waals surface area contributed by atoms with Crippen LogP contribution in [0.15, 0.2) is 0 Å². The molecule has 1 rings (SSSR count). The van der Waals surface area contributed by atoms with Gasteiger partial charge < -0.3 is 10.1 Å². The molecule has 0 aromatic heterocycles. The molecule has 2 heteroatoms. The van der Waals surface area contributed by atoms with Gasteiger partial charge in [-0.05, 0) is 31.7 Å². The van der Waals surface area contributed by atoms with Gasteiger partial charge in [0.1, 0.15) is 0 Å². The molecule has 1 fully saturated rings. The van der Waals surface area contributed by atoms with Crippen LogP contribution in [0.3, 0.4) is 0 Å². The van der Waals surface area contributed by atoms with Gasteiger partial charge >= 0.3 is 0 Å². The highest BCUT2D eigenvalue weighted by molar-refractivity contribution is 4.74. The molecule has 2 unspecified atom stereocenters. The minimum absolute atomic E-state index is 0.531. The minimum atomic E-state index is 0.531. The van der Waals surface area contributed by atoms with Gasteiger partial charge in [0.2, 0.25) is 0 Å². The van der Waals surface area contributed by atoms with Gasteiger partial charge in [0.25, 0.3) is 0 Å². The van der Waals surface area contributed by atoms with Crippen LogP contribution in [-0.2, 0) is 4.74 Å². The number of nitrogens with one attached hydrogen (secondary N) is 1. The number of hydrogen-bond acceptors (Lipinski definition) is 2. The quantitative estimate of drug-likeness (QED) is 0.655. The van der Waals surface area contributed by atoms with Crippen molar-refractivity contribution in [2.45, 2.75) is 39.2 Å². The monoisotopic (exact) mass is 185 g/mol. The number of likely N-dealkylation sites (N-methyl/N-ethyl adjacent to an activating group) is 1. The third-order valence-electron chi connectivity index (χ3n) is 3.05. The lowest BCUT2D eigenvalue weighted by atomic mass is 10.0. The highest BCUT2D eigenvalue weighted by atomic mass is 16.5. The Hall–Kier alpha value is -0.0800. The van der Waals surface area contributed by atoms with Gasteiger partial charge in [0.15, 0.2) is 0 Å². The zero-order valence-electron chi connectivity index (χ0n) is 9.18. The zero-order valence-corrected chi connectivity index (χ0v) is 9.18. The van der Waals surface area contributed by atoms with Crippen LogP contribution in [0.2, 0.25) is 0 Å². The largest absolute Gasteiger partial charge is 0.380 e. The average molecular weight is 185 g/mol. The Bertz CT molecular complexity index is 134. The van der Waals surface area contributed by atoms with Crippen molar-refractivity contribution < 1.29 is 4.74 Å². The van der Waals surface area contributed by atoms with E-state index in [4.69, 9.17) is 4.74 Å². The van der Waals surface area contributed by atoms with Crippen LogP contribution in [0.5, 0.6) is 0 Å². The molecule has 1 saturated carbocycles. The van der Waals surface area contributed by atoms with E-state index in [9.17, 15) is 0 Å². The van der Waals surface area contributed by atoms with Crippen molar-refractivity contribution in [1.29, 1.82) is 0 Å². The molecular formula is C11H23NO. The van der Waals surface area contributed by atoms with Crippen molar-refractivity contribution in [3.05, 3.63) is 0 Å². The first kappa shape index (κ1) is 11.0. The molecule has 13 heavy (non-hydrogen) atoms. The first-order chi connectivity index (χ1) is 6.27. The van der Waals surface area contributed by atoms with Crippen molar-refractivity contribution in [1.82, 2.24) is 5.32 Å². The summed E-state index contributed by atoms with van der Waals surface area (Å²) >= 11 is 0. The van der Waals surface area contributed by atoms with Crippen molar-refractivity contribution >= 4 is 0 Å². The minimum Gasteiger partial charge on any atom is -0.380 e. The van der Waals surface area contributed by atoms with Gasteiger partial charge in [-0.3, -0.25) is 0 Å². The maximum Gasteiger partial charge on any atom is 0.0622 e. The lowest BCUT2D eigenvalue weighted by Gasteiger charge is -2.22. The second kappa shape index (κ2) is 5.61. The van der Waals surface area contributed by atoms with E-state index in [2.05, 4.69) is 19.2 Å². The fraction of sp³-hybridized carbons (Fsp3) is 1.00. The van der Waals surface area contributed by atoms with Crippen molar-refractivity contribution in [2.75, 3.05) is 20.3 Å². The molecule has 0 aromatic rings. The predicted octanol–water partition coefficient (Wildman–Crippen LogP) is 2.05. The van der Waals surface area contributed by atoms with E-state index >= 15 is 0 Å². The van der Waals surface area contributed by atoms with E-state index in [1.165, 1.54) is 19.3 Å². The van der Waals surface area contributed by atoms with Crippen LogP contribution in [-0.4, -0.2) is 26.3 Å². The lowest BCUT2D eigenvalue weighted by molar-refractivity contribution is 0.0897. The summed E-state index contributed by atoms with van der Waals surface area (Å²) < 4.78 is 5.67. The third kappa shape index (κ3) is 4.10. The van der Waals surface area contributed by atoms with Crippen LogP contribution >= 0.6 is 0 Å². The Morgan fingerprint density at radius 1 is 1.46 bits per heavy atom. The molecular weight excluding hydrogens is 162 g/mol. The molecule has 0 spiro atoms. The first-order valence-corrected chi connectivity index (χ1v) is 5.53. The molecule has 1 aliphatic carbocycles. The van der Waals surface area contributed by atoms with Gasteiger partial charge in [-0.2, -0.15) is 0 Å². The summed E-state index contributed by atoms with van der Waals surface area (Å²) in [5.74, 6) is 1.60. The number of rotatable bonds is 7. The van der Waals surface area contributed by atoms with Crippen LogP contribution in [0.25, 0.3) is 0 Å². The summed E-state index contributed by atoms with van der Waals surface area (Å²) in [5, 5.41) is 3.32. The maximum atomic E-state index is 5.67. The van der Waals surface area contributed by atoms with E-state index in [1.807, 2.05) is 7.05 Å². The van der Waals surface area contributed by atoms with Gasteiger partial charge in [-0.25, -0.2) is 0 Å². The van der Waals surface area contributed by atoms with Gasteiger partial charge in [-0.1, -0.05) is 20.3 Å². The number of ether oxygens (including phenoxy) is 1. The Labute approximate surface area is 82.0 Å². The highest BCUT2D eigenvalue weighted by Gasteiger charge is 2.22. The standard InChI is InChI=1S/C11H23NO/c1-4-9(2)11(12-3)8-13-7-10-5-6-10/h9-12H,4-8H2,1-3H3. The SMILES string of the molecule is CCC(C)C(COCC1CC1)NC. The van der Waals surface area contributed by atoms with Crippen molar-refractivity contribution in [3.63, 3.8) is 0 Å². The Balaban J connectivity index is 2.06. The van der Waals surface area contributed by atoms with Gasteiger partial charge in [0.05, 0.1) is 6.61 Å². The van der Waals surface area contributed by atoms with Gasteiger partial charge in [0, 0.05) is 12.6 Å². The molecule has 2 nitrogen and oxygen atoms in total. The predicted molar refractivity (Wildman–Crippen MR) is 55.8 cm³/mol. The van der Waals surface area contributed by atoms with Gasteiger partial charge in [-0.15, -0.1) is 0 Å². The van der Waals surface area contributed by atoms with Crippen molar-refractivity contribution in [3.8, 4) is 0 Å². The molecule has 0 amide bonds. The zero-order chi connectivity index (χ0) is 9.68. The second-order valence-electron chi connectivity index (χ2n) is 4.26. The topological polar surface area (TPSA) is 21.3 Å². The molecule has 1 N–H and O–H groups in total. The van der Waals surface area contributed by atoms with E-state index in [0.29, 0.717) is 12.0 Å².